The van der Waals surface area contributed by atoms with Crippen LogP contribution in [0.1, 0.15) is 13.8 Å². The van der Waals surface area contributed by atoms with Crippen LogP contribution in [-0.4, -0.2) is 16.5 Å². The van der Waals surface area contributed by atoms with Gasteiger partial charge in [-0.15, -0.1) is 0 Å². The molecule has 0 unspecified atom stereocenters. The van der Waals surface area contributed by atoms with E-state index < -0.39 is 22.8 Å². The molecule has 0 saturated carbocycles. The molecule has 0 aliphatic carbocycles. The molecule has 20 heavy (non-hydrogen) atoms. The van der Waals surface area contributed by atoms with Crippen LogP contribution in [0.2, 0.25) is 0 Å². The number of oxime groups is 1. The summed E-state index contributed by atoms with van der Waals surface area (Å²) < 4.78 is 13.1. The molecule has 0 fully saturated rings. The van der Waals surface area contributed by atoms with Crippen LogP contribution in [0.3, 0.4) is 0 Å². The Morgan fingerprint density at radius 1 is 1.60 bits per heavy atom. The van der Waals surface area contributed by atoms with Crippen molar-refractivity contribution in [2.24, 2.45) is 11.1 Å². The van der Waals surface area contributed by atoms with E-state index in [0.29, 0.717) is 0 Å². The molecule has 1 rings (SSSR count). The van der Waals surface area contributed by atoms with Gasteiger partial charge in [-0.05, 0) is 18.2 Å². The average Bonchev–Trinajstić information content (AvgIpc) is 2.37. The monoisotopic (exact) mass is 304 g/mol. The Kier molecular flexibility index (Phi) is 5.68. The quantitative estimate of drug-likeness (QED) is 0.505. The largest absolute Gasteiger partial charge is 0.733 e. The standard InChI is InChI=1S/C11H12ClFN3O4/c1-6(2)10(12)15-20-11(17)14-7-3-4-8(13)9(5-7)16(18)19/h3-6,18H,1-2H3,(H,14,17)/q-1/b15-10+. The summed E-state index contributed by atoms with van der Waals surface area (Å²) in [4.78, 5) is 15.8. The fraction of sp³-hybridized carbons (Fsp3) is 0.273. The lowest BCUT2D eigenvalue weighted by atomic mass is 10.2. The van der Waals surface area contributed by atoms with Gasteiger partial charge in [-0.2, -0.15) is 0 Å². The first-order chi connectivity index (χ1) is 9.31. The van der Waals surface area contributed by atoms with Crippen molar-refractivity contribution in [2.75, 3.05) is 10.5 Å². The number of carbonyl (C=O) groups is 1. The second-order valence-electron chi connectivity index (χ2n) is 4.01. The minimum atomic E-state index is -0.975. The topological polar surface area (TPSA) is 97.2 Å². The third-order valence-corrected chi connectivity index (χ3v) is 2.60. The second kappa shape index (κ2) is 7.04. The Hall–Kier alpha value is -1.90. The highest BCUT2D eigenvalue weighted by atomic mass is 35.5. The summed E-state index contributed by atoms with van der Waals surface area (Å²) in [6, 6.07) is 3.01. The number of amides is 1. The molecule has 0 aliphatic rings. The zero-order chi connectivity index (χ0) is 15.3. The molecular weight excluding hydrogens is 293 g/mol. The number of hydrogen-bond acceptors (Lipinski definition) is 6. The van der Waals surface area contributed by atoms with E-state index in [1.165, 1.54) is 6.07 Å². The van der Waals surface area contributed by atoms with Crippen LogP contribution in [0, 0.1) is 16.9 Å². The van der Waals surface area contributed by atoms with Crippen LogP contribution in [0.4, 0.5) is 20.6 Å². The van der Waals surface area contributed by atoms with E-state index in [2.05, 4.69) is 15.3 Å². The van der Waals surface area contributed by atoms with Crippen LogP contribution < -0.4 is 10.5 Å². The van der Waals surface area contributed by atoms with E-state index in [-0.39, 0.29) is 16.8 Å². The first-order valence-electron chi connectivity index (χ1n) is 5.48. The summed E-state index contributed by atoms with van der Waals surface area (Å²) in [5, 5.41) is 24.3. The molecule has 7 nitrogen and oxygen atoms in total. The number of nitrogens with one attached hydrogen (secondary N) is 1. The predicted octanol–water partition coefficient (Wildman–Crippen LogP) is 3.28. The van der Waals surface area contributed by atoms with Crippen molar-refractivity contribution in [3.05, 3.63) is 29.2 Å². The number of rotatable bonds is 4. The van der Waals surface area contributed by atoms with Crippen LogP contribution in [-0.2, 0) is 4.84 Å². The van der Waals surface area contributed by atoms with E-state index in [0.717, 1.165) is 12.1 Å². The first-order valence-corrected chi connectivity index (χ1v) is 5.86. The van der Waals surface area contributed by atoms with Gasteiger partial charge in [0.2, 0.25) is 0 Å². The van der Waals surface area contributed by atoms with Gasteiger partial charge in [-0.3, -0.25) is 15.4 Å². The van der Waals surface area contributed by atoms with E-state index in [9.17, 15) is 14.4 Å². The van der Waals surface area contributed by atoms with Crippen molar-refractivity contribution < 1.29 is 19.2 Å². The van der Waals surface area contributed by atoms with Crippen LogP contribution in [0.25, 0.3) is 0 Å². The van der Waals surface area contributed by atoms with Crippen molar-refractivity contribution in [2.45, 2.75) is 13.8 Å². The molecule has 1 aromatic rings. The maximum absolute atomic E-state index is 13.1. The summed E-state index contributed by atoms with van der Waals surface area (Å²) in [7, 11) is 0. The molecule has 0 aromatic heterocycles. The molecule has 1 aromatic carbocycles. The lowest BCUT2D eigenvalue weighted by molar-refractivity contribution is 0.166. The minimum absolute atomic E-state index is 0.0390. The van der Waals surface area contributed by atoms with Gasteiger partial charge in [0.25, 0.3) is 0 Å². The number of nitrogens with zero attached hydrogens (tertiary/aromatic N) is 2. The van der Waals surface area contributed by atoms with E-state index >= 15 is 0 Å². The number of anilines is 2. The van der Waals surface area contributed by atoms with E-state index in [1.807, 2.05) is 0 Å². The Morgan fingerprint density at radius 3 is 2.80 bits per heavy atom. The van der Waals surface area contributed by atoms with Gasteiger partial charge < -0.3 is 10.4 Å². The minimum Gasteiger partial charge on any atom is -0.733 e. The van der Waals surface area contributed by atoms with Crippen LogP contribution in [0.15, 0.2) is 23.4 Å². The van der Waals surface area contributed by atoms with Gasteiger partial charge in [0.15, 0.2) is 0 Å². The van der Waals surface area contributed by atoms with Crippen molar-refractivity contribution in [1.29, 1.82) is 0 Å². The van der Waals surface area contributed by atoms with Crippen molar-refractivity contribution in [3.8, 4) is 0 Å². The van der Waals surface area contributed by atoms with Gasteiger partial charge in [0.1, 0.15) is 11.0 Å². The molecule has 0 saturated heterocycles. The molecule has 0 atom stereocenters. The number of halogens is 2. The van der Waals surface area contributed by atoms with Crippen molar-refractivity contribution >= 4 is 34.2 Å². The third-order valence-electron chi connectivity index (χ3n) is 2.09. The van der Waals surface area contributed by atoms with Gasteiger partial charge in [-0.25, -0.2) is 9.18 Å². The number of carbonyl (C=O) groups excluding carboxylic acids is 1. The highest BCUT2D eigenvalue weighted by molar-refractivity contribution is 6.65. The Morgan fingerprint density at radius 2 is 2.25 bits per heavy atom. The average molecular weight is 305 g/mol. The molecule has 0 bridgehead atoms. The van der Waals surface area contributed by atoms with Crippen molar-refractivity contribution in [1.82, 2.24) is 0 Å². The van der Waals surface area contributed by atoms with Gasteiger partial charge in [0.05, 0.1) is 5.69 Å². The normalized spacial score (nSPS) is 11.4. The maximum Gasteiger partial charge on any atom is 0.437 e. The lowest BCUT2D eigenvalue weighted by Crippen LogP contribution is -2.14. The predicted molar refractivity (Wildman–Crippen MR) is 72.3 cm³/mol. The van der Waals surface area contributed by atoms with Crippen LogP contribution in [0.5, 0.6) is 0 Å². The fourth-order valence-electron chi connectivity index (χ4n) is 1.07. The van der Waals surface area contributed by atoms with Crippen molar-refractivity contribution in [3.63, 3.8) is 0 Å². The van der Waals surface area contributed by atoms with E-state index in [4.69, 9.17) is 16.8 Å². The summed E-state index contributed by atoms with van der Waals surface area (Å²) >= 11 is 5.66. The Bertz CT molecular complexity index is 522. The molecule has 0 aliphatic heterocycles. The van der Waals surface area contributed by atoms with E-state index in [1.54, 1.807) is 13.8 Å². The third kappa shape index (κ3) is 4.65. The Labute approximate surface area is 119 Å². The summed E-state index contributed by atoms with van der Waals surface area (Å²) in [6.07, 6.45) is -0.975. The zero-order valence-electron chi connectivity index (χ0n) is 10.6. The molecule has 0 radical (unpaired) electrons. The smallest absolute Gasteiger partial charge is 0.437 e. The second-order valence-corrected chi connectivity index (χ2v) is 4.40. The Balaban J connectivity index is 2.72. The first kappa shape index (κ1) is 16.2. The SMILES string of the molecule is CC(C)/C(Cl)=N\OC(=O)Nc1ccc(F)c(N([O-])O)c1. The summed E-state index contributed by atoms with van der Waals surface area (Å²) in [5.74, 6) is -1.05. The number of benzene rings is 1. The molecule has 0 spiro atoms. The zero-order valence-corrected chi connectivity index (χ0v) is 11.4. The highest BCUT2D eigenvalue weighted by Crippen LogP contribution is 2.22. The molecular formula is C11H12ClFN3O4-. The molecule has 110 valence electrons. The molecule has 1 amide bonds. The summed E-state index contributed by atoms with van der Waals surface area (Å²) in [6.45, 7) is 3.51. The molecule has 0 heterocycles. The van der Waals surface area contributed by atoms with Crippen LogP contribution >= 0.6 is 11.6 Å². The van der Waals surface area contributed by atoms with Gasteiger partial charge in [-0.1, -0.05) is 30.6 Å². The fourth-order valence-corrected chi connectivity index (χ4v) is 1.10. The summed E-state index contributed by atoms with van der Waals surface area (Å²) in [5.41, 5.74) is -0.608. The highest BCUT2D eigenvalue weighted by Gasteiger charge is 2.09. The van der Waals surface area contributed by atoms with Gasteiger partial charge >= 0.3 is 6.09 Å². The lowest BCUT2D eigenvalue weighted by Gasteiger charge is -2.22. The maximum atomic E-state index is 13.1. The molecule has 9 heteroatoms. The number of hydrogen-bond donors (Lipinski definition) is 2. The molecule has 2 N–H and O–H groups in total. The van der Waals surface area contributed by atoms with Gasteiger partial charge in [0, 0.05) is 11.6 Å².